The average Bonchev–Trinajstić information content (AvgIpc) is 2.96. The Bertz CT molecular complexity index is 772. The van der Waals surface area contributed by atoms with Crippen molar-refractivity contribution in [2.45, 2.75) is 62.1 Å². The van der Waals surface area contributed by atoms with Crippen molar-refractivity contribution in [1.82, 2.24) is 4.90 Å². The van der Waals surface area contributed by atoms with Gasteiger partial charge in [-0.2, -0.15) is 0 Å². The molecule has 5 heterocycles. The van der Waals surface area contributed by atoms with Crippen LogP contribution >= 0.6 is 15.9 Å². The molecular weight excluding hydrogens is 380 g/mol. The van der Waals surface area contributed by atoms with Crippen LogP contribution in [0.1, 0.15) is 31.7 Å². The van der Waals surface area contributed by atoms with Crippen molar-refractivity contribution in [3.63, 3.8) is 0 Å². The highest BCUT2D eigenvalue weighted by Gasteiger charge is 2.76. The minimum Gasteiger partial charge on any atom is -0.392 e. The molecule has 1 aliphatic carbocycles. The Morgan fingerprint density at radius 3 is 2.84 bits per heavy atom. The monoisotopic (exact) mass is 404 g/mol. The van der Waals surface area contributed by atoms with Crippen LogP contribution < -0.4 is 4.90 Å². The third-order valence-electron chi connectivity index (χ3n) is 8.52. The van der Waals surface area contributed by atoms with Gasteiger partial charge in [-0.1, -0.05) is 28.9 Å². The van der Waals surface area contributed by atoms with Crippen molar-refractivity contribution in [3.05, 3.63) is 28.2 Å². The van der Waals surface area contributed by atoms with E-state index in [0.29, 0.717) is 29.8 Å². The van der Waals surface area contributed by atoms with E-state index < -0.39 is 0 Å². The largest absolute Gasteiger partial charge is 0.392 e. The maximum Gasteiger partial charge on any atom is 0.111 e. The molecule has 2 unspecified atom stereocenters. The first-order chi connectivity index (χ1) is 12.0. The molecule has 10 atom stereocenters. The van der Waals surface area contributed by atoms with Gasteiger partial charge in [-0.15, -0.1) is 0 Å². The van der Waals surface area contributed by atoms with Gasteiger partial charge in [0.15, 0.2) is 0 Å². The van der Waals surface area contributed by atoms with Crippen LogP contribution in [0.15, 0.2) is 22.7 Å². The number of benzene rings is 1. The number of likely N-dealkylation sites (N-methyl/N-ethyl adjacent to an activating group) is 1. The Morgan fingerprint density at radius 1 is 1.28 bits per heavy atom. The van der Waals surface area contributed by atoms with Crippen LogP contribution in [0.3, 0.4) is 0 Å². The molecule has 25 heavy (non-hydrogen) atoms. The molecule has 1 aromatic rings. The number of aliphatic hydroxyl groups is 2. The molecule has 134 valence electrons. The van der Waals surface area contributed by atoms with E-state index in [1.54, 1.807) is 0 Å². The minimum atomic E-state index is -0.331. The maximum atomic E-state index is 11.7. The van der Waals surface area contributed by atoms with Crippen molar-refractivity contribution < 1.29 is 10.2 Å². The molecule has 1 aromatic carbocycles. The second-order valence-corrected chi connectivity index (χ2v) is 9.87. The Labute approximate surface area is 156 Å². The summed E-state index contributed by atoms with van der Waals surface area (Å²) in [5.74, 6) is 1.10. The lowest BCUT2D eigenvalue weighted by Crippen LogP contribution is -2.72. The topological polar surface area (TPSA) is 46.9 Å². The highest BCUT2D eigenvalue weighted by Crippen LogP contribution is 2.69. The summed E-state index contributed by atoms with van der Waals surface area (Å²) in [5, 5.41) is 22.7. The fraction of sp³-hybridized carbons (Fsp3) is 0.700. The molecule has 1 spiro atoms. The lowest BCUT2D eigenvalue weighted by molar-refractivity contribution is -0.211. The zero-order valence-electron chi connectivity index (χ0n) is 14.6. The summed E-state index contributed by atoms with van der Waals surface area (Å²) >= 11 is 3.62. The molecule has 0 aromatic heterocycles. The third-order valence-corrected chi connectivity index (χ3v) is 9.01. The summed E-state index contributed by atoms with van der Waals surface area (Å²) in [5.41, 5.74) is 2.43. The van der Waals surface area contributed by atoms with Gasteiger partial charge < -0.3 is 15.1 Å². The van der Waals surface area contributed by atoms with E-state index in [1.807, 2.05) is 0 Å². The summed E-state index contributed by atoms with van der Waals surface area (Å²) in [6.45, 7) is 2.19. The lowest BCUT2D eigenvalue weighted by Gasteiger charge is -2.62. The van der Waals surface area contributed by atoms with Gasteiger partial charge >= 0.3 is 0 Å². The Kier molecular flexibility index (Phi) is 2.85. The molecule has 2 N–H and O–H groups in total. The van der Waals surface area contributed by atoms with E-state index >= 15 is 0 Å². The van der Waals surface area contributed by atoms with Crippen LogP contribution in [-0.2, 0) is 5.41 Å². The first-order valence-corrected chi connectivity index (χ1v) is 10.5. The van der Waals surface area contributed by atoms with Gasteiger partial charge in [-0.25, -0.2) is 0 Å². The zero-order chi connectivity index (χ0) is 17.2. The molecule has 5 bridgehead atoms. The fourth-order valence-electron chi connectivity index (χ4n) is 7.90. The van der Waals surface area contributed by atoms with Crippen LogP contribution in [0.4, 0.5) is 5.69 Å². The molecule has 7 rings (SSSR count). The van der Waals surface area contributed by atoms with Gasteiger partial charge in [0.25, 0.3) is 0 Å². The molecule has 0 radical (unpaired) electrons. The van der Waals surface area contributed by atoms with Crippen molar-refractivity contribution in [1.29, 1.82) is 0 Å². The SMILES string of the molecule is CC[C@@H]1[C@@H](O)N2[C@H]3C[C@@]45c6ccc(Br)cc6N(C)[C@H]4[C@@H]2C[C@H]1C3[C@@H]5O. The quantitative estimate of drug-likeness (QED) is 0.753. The maximum absolute atomic E-state index is 11.7. The molecule has 4 saturated heterocycles. The summed E-state index contributed by atoms with van der Waals surface area (Å²) < 4.78 is 1.09. The summed E-state index contributed by atoms with van der Waals surface area (Å²) in [6.07, 6.45) is 2.49. The standard InChI is InChI=1S/C20H25BrN2O2/c1-3-10-11-7-14-17-20(12-5-4-9(21)6-13(12)22(17)2)8-15(16(11)18(20)24)23(14)19(10)25/h4-6,10-11,14-19,24-25H,3,7-8H2,1-2H3/t10-,11+,14-,15-,16?,17-,18-,19+,20+/m0/s1. The predicted molar refractivity (Wildman–Crippen MR) is 99.4 cm³/mol. The highest BCUT2D eigenvalue weighted by atomic mass is 79.9. The first-order valence-electron chi connectivity index (χ1n) is 9.67. The zero-order valence-corrected chi connectivity index (χ0v) is 16.2. The lowest BCUT2D eigenvalue weighted by atomic mass is 9.62. The summed E-state index contributed by atoms with van der Waals surface area (Å²) in [7, 11) is 2.18. The van der Waals surface area contributed by atoms with E-state index in [4.69, 9.17) is 0 Å². The molecule has 1 saturated carbocycles. The van der Waals surface area contributed by atoms with E-state index in [-0.39, 0.29) is 23.8 Å². The molecule has 0 amide bonds. The number of hydrogen-bond donors (Lipinski definition) is 2. The van der Waals surface area contributed by atoms with Gasteiger partial charge in [0, 0.05) is 46.5 Å². The van der Waals surface area contributed by atoms with Crippen LogP contribution in [-0.4, -0.2) is 52.6 Å². The number of nitrogens with zero attached hydrogens (tertiary/aromatic N) is 2. The van der Waals surface area contributed by atoms with E-state index in [1.165, 1.54) is 11.3 Å². The Hall–Kier alpha value is -0.620. The second kappa shape index (κ2) is 4.61. The first kappa shape index (κ1) is 15.4. The second-order valence-electron chi connectivity index (χ2n) is 8.95. The van der Waals surface area contributed by atoms with Crippen molar-refractivity contribution in [2.75, 3.05) is 11.9 Å². The summed E-state index contributed by atoms with van der Waals surface area (Å²) in [6, 6.07) is 7.53. The molecule has 4 nitrogen and oxygen atoms in total. The van der Waals surface area contributed by atoms with Crippen LogP contribution in [0.2, 0.25) is 0 Å². The van der Waals surface area contributed by atoms with Crippen molar-refractivity contribution in [2.24, 2.45) is 17.8 Å². The molecule has 6 aliphatic rings. The Morgan fingerprint density at radius 2 is 2.08 bits per heavy atom. The highest BCUT2D eigenvalue weighted by molar-refractivity contribution is 9.10. The van der Waals surface area contributed by atoms with E-state index in [9.17, 15) is 10.2 Å². The number of anilines is 1. The number of rotatable bonds is 1. The van der Waals surface area contributed by atoms with Gasteiger partial charge in [0.05, 0.1) is 12.1 Å². The third kappa shape index (κ3) is 1.47. The fourth-order valence-corrected chi connectivity index (χ4v) is 8.24. The number of hydrogen-bond acceptors (Lipinski definition) is 4. The van der Waals surface area contributed by atoms with Gasteiger partial charge in [0.1, 0.15) is 6.23 Å². The van der Waals surface area contributed by atoms with Crippen LogP contribution in [0, 0.1) is 17.8 Å². The Balaban J connectivity index is 1.59. The predicted octanol–water partition coefficient (Wildman–Crippen LogP) is 2.32. The molecule has 5 heteroatoms. The number of halogens is 1. The van der Waals surface area contributed by atoms with Crippen molar-refractivity contribution >= 4 is 21.6 Å². The smallest absolute Gasteiger partial charge is 0.111 e. The summed E-state index contributed by atoms with van der Waals surface area (Å²) in [4.78, 5) is 4.82. The van der Waals surface area contributed by atoms with Gasteiger partial charge in [0.2, 0.25) is 0 Å². The molecular formula is C20H25BrN2O2. The minimum absolute atomic E-state index is 0.154. The number of aliphatic hydroxyl groups excluding tert-OH is 2. The number of piperidine rings is 4. The van der Waals surface area contributed by atoms with Crippen LogP contribution in [0.25, 0.3) is 0 Å². The van der Waals surface area contributed by atoms with Crippen molar-refractivity contribution in [3.8, 4) is 0 Å². The van der Waals surface area contributed by atoms with E-state index in [2.05, 4.69) is 57.9 Å². The molecule has 5 fully saturated rings. The number of fused-ring (bicyclic) bond motifs is 2. The van der Waals surface area contributed by atoms with E-state index in [0.717, 1.165) is 23.7 Å². The van der Waals surface area contributed by atoms with Gasteiger partial charge in [-0.05, 0) is 42.9 Å². The molecule has 5 aliphatic heterocycles. The van der Waals surface area contributed by atoms with Crippen LogP contribution in [0.5, 0.6) is 0 Å². The average molecular weight is 405 g/mol. The normalized spacial score (nSPS) is 54.1. The van der Waals surface area contributed by atoms with Gasteiger partial charge in [-0.3, -0.25) is 4.90 Å².